The predicted octanol–water partition coefficient (Wildman–Crippen LogP) is 3.46. The van der Waals surface area contributed by atoms with E-state index in [0.29, 0.717) is 11.5 Å². The molecule has 1 heterocycles. The van der Waals surface area contributed by atoms with Gasteiger partial charge < -0.3 is 9.15 Å². The molecule has 0 bridgehead atoms. The first-order valence-corrected chi connectivity index (χ1v) is 8.33. The Kier molecular flexibility index (Phi) is 5.02. The van der Waals surface area contributed by atoms with E-state index < -0.39 is 11.7 Å². The lowest BCUT2D eigenvalue weighted by atomic mass is 10.0. The van der Waals surface area contributed by atoms with Gasteiger partial charge in [0.25, 0.3) is 0 Å². The van der Waals surface area contributed by atoms with Gasteiger partial charge in [0.15, 0.2) is 0 Å². The van der Waals surface area contributed by atoms with E-state index in [1.165, 1.54) is 17.4 Å². The molecule has 0 aliphatic heterocycles. The number of nitrogens with zero attached hydrogens (tertiary/aromatic N) is 2. The van der Waals surface area contributed by atoms with Crippen molar-refractivity contribution < 1.29 is 13.9 Å². The monoisotopic (exact) mass is 352 g/mol. The maximum Gasteiger partial charge on any atom is 0.437 e. The molecular formula is C20H20N2O4. The molecular weight excluding hydrogens is 332 g/mol. The molecule has 0 aliphatic rings. The number of aromatic nitrogens is 2. The van der Waals surface area contributed by atoms with E-state index in [9.17, 15) is 9.59 Å². The number of benzene rings is 2. The SMILES string of the molecule is COC(=O)c1ccc(Cn2nc(-c3ccc(C(C)C)cc3)oc2=O)cc1. The van der Waals surface area contributed by atoms with Crippen LogP contribution in [-0.2, 0) is 11.3 Å². The van der Waals surface area contributed by atoms with Gasteiger partial charge >= 0.3 is 11.7 Å². The largest absolute Gasteiger partial charge is 0.465 e. The Balaban J connectivity index is 1.80. The van der Waals surface area contributed by atoms with Gasteiger partial charge in [0.2, 0.25) is 5.89 Å². The van der Waals surface area contributed by atoms with Gasteiger partial charge in [0.1, 0.15) is 0 Å². The molecule has 0 N–H and O–H groups in total. The van der Waals surface area contributed by atoms with Crippen LogP contribution in [0.15, 0.2) is 57.7 Å². The van der Waals surface area contributed by atoms with Crippen molar-refractivity contribution in [2.45, 2.75) is 26.3 Å². The van der Waals surface area contributed by atoms with Crippen LogP contribution in [-0.4, -0.2) is 22.9 Å². The maximum absolute atomic E-state index is 12.1. The number of carbonyl (C=O) groups is 1. The quantitative estimate of drug-likeness (QED) is 0.658. The molecule has 0 fully saturated rings. The van der Waals surface area contributed by atoms with E-state index in [-0.39, 0.29) is 12.4 Å². The molecule has 0 unspecified atom stereocenters. The van der Waals surface area contributed by atoms with Crippen molar-refractivity contribution in [2.24, 2.45) is 0 Å². The van der Waals surface area contributed by atoms with Gasteiger partial charge in [-0.05, 0) is 41.3 Å². The molecule has 6 heteroatoms. The zero-order valence-corrected chi connectivity index (χ0v) is 14.9. The van der Waals surface area contributed by atoms with Crippen LogP contribution in [0.5, 0.6) is 0 Å². The summed E-state index contributed by atoms with van der Waals surface area (Å²) in [4.78, 5) is 23.5. The fourth-order valence-electron chi connectivity index (χ4n) is 2.57. The summed E-state index contributed by atoms with van der Waals surface area (Å²) in [6, 6.07) is 14.6. The van der Waals surface area contributed by atoms with Gasteiger partial charge in [-0.3, -0.25) is 0 Å². The number of hydrogen-bond acceptors (Lipinski definition) is 5. The number of hydrogen-bond donors (Lipinski definition) is 0. The van der Waals surface area contributed by atoms with Crippen LogP contribution in [0.4, 0.5) is 0 Å². The summed E-state index contributed by atoms with van der Waals surface area (Å²) >= 11 is 0. The van der Waals surface area contributed by atoms with Gasteiger partial charge in [0, 0.05) is 5.56 Å². The van der Waals surface area contributed by atoms with Crippen molar-refractivity contribution in [1.29, 1.82) is 0 Å². The molecule has 0 radical (unpaired) electrons. The molecule has 0 aliphatic carbocycles. The van der Waals surface area contributed by atoms with Crippen LogP contribution < -0.4 is 5.76 Å². The molecule has 3 aromatic rings. The van der Waals surface area contributed by atoms with Crippen molar-refractivity contribution >= 4 is 5.97 Å². The summed E-state index contributed by atoms with van der Waals surface area (Å²) in [6.07, 6.45) is 0. The van der Waals surface area contributed by atoms with Gasteiger partial charge in [0.05, 0.1) is 19.2 Å². The summed E-state index contributed by atoms with van der Waals surface area (Å²) in [5.41, 5.74) is 3.25. The molecule has 26 heavy (non-hydrogen) atoms. The third-order valence-corrected chi connectivity index (χ3v) is 4.14. The fourth-order valence-corrected chi connectivity index (χ4v) is 2.57. The standard InChI is InChI=1S/C20H20N2O4/c1-13(2)15-8-10-16(11-9-15)18-21-22(20(24)26-18)12-14-4-6-17(7-5-14)19(23)25-3/h4-11,13H,12H2,1-3H3. The zero-order chi connectivity index (χ0) is 18.7. The van der Waals surface area contributed by atoms with Crippen LogP contribution in [0.1, 0.15) is 41.3 Å². The molecule has 2 aromatic carbocycles. The molecule has 0 saturated heterocycles. The fraction of sp³-hybridized carbons (Fsp3) is 0.250. The average molecular weight is 352 g/mol. The number of esters is 1. The van der Waals surface area contributed by atoms with Gasteiger partial charge in [-0.25, -0.2) is 9.59 Å². The highest BCUT2D eigenvalue weighted by molar-refractivity contribution is 5.89. The molecule has 0 spiro atoms. The van der Waals surface area contributed by atoms with Gasteiger partial charge in [-0.1, -0.05) is 38.1 Å². The highest BCUT2D eigenvalue weighted by Crippen LogP contribution is 2.20. The number of carbonyl (C=O) groups excluding carboxylic acids is 1. The lowest BCUT2D eigenvalue weighted by Gasteiger charge is -2.04. The Bertz CT molecular complexity index is 951. The first-order valence-electron chi connectivity index (χ1n) is 8.33. The second kappa shape index (κ2) is 7.39. The topological polar surface area (TPSA) is 74.3 Å². The van der Waals surface area contributed by atoms with Crippen molar-refractivity contribution in [2.75, 3.05) is 7.11 Å². The second-order valence-electron chi connectivity index (χ2n) is 6.30. The first kappa shape index (κ1) is 17.7. The maximum atomic E-state index is 12.1. The zero-order valence-electron chi connectivity index (χ0n) is 14.9. The highest BCUT2D eigenvalue weighted by Gasteiger charge is 2.12. The van der Waals surface area contributed by atoms with Gasteiger partial charge in [-0.15, -0.1) is 5.10 Å². The first-order chi connectivity index (χ1) is 12.5. The van der Waals surface area contributed by atoms with Crippen molar-refractivity contribution in [3.8, 4) is 11.5 Å². The smallest absolute Gasteiger partial charge is 0.437 e. The summed E-state index contributed by atoms with van der Waals surface area (Å²) in [6.45, 7) is 4.50. The lowest BCUT2D eigenvalue weighted by molar-refractivity contribution is 0.0600. The number of ether oxygens (including phenoxy) is 1. The molecule has 0 saturated carbocycles. The molecule has 1 aromatic heterocycles. The normalized spacial score (nSPS) is 10.9. The highest BCUT2D eigenvalue weighted by atomic mass is 16.5. The van der Waals surface area contributed by atoms with E-state index in [1.54, 1.807) is 24.3 Å². The van der Waals surface area contributed by atoms with Crippen molar-refractivity contribution in [3.05, 3.63) is 75.8 Å². The van der Waals surface area contributed by atoms with Crippen LogP contribution in [0, 0.1) is 0 Å². The minimum absolute atomic E-state index is 0.258. The van der Waals surface area contributed by atoms with Crippen LogP contribution in [0.25, 0.3) is 11.5 Å². The third kappa shape index (κ3) is 3.74. The number of rotatable bonds is 5. The Morgan fingerprint density at radius 1 is 1.12 bits per heavy atom. The van der Waals surface area contributed by atoms with E-state index in [1.807, 2.05) is 24.3 Å². The summed E-state index contributed by atoms with van der Waals surface area (Å²) in [5, 5.41) is 4.27. The molecule has 3 rings (SSSR count). The van der Waals surface area contributed by atoms with E-state index >= 15 is 0 Å². The Labute approximate surface area is 151 Å². The predicted molar refractivity (Wildman–Crippen MR) is 97.2 cm³/mol. The van der Waals surface area contributed by atoms with E-state index in [2.05, 4.69) is 23.7 Å². The average Bonchev–Trinajstić information content (AvgIpc) is 3.02. The molecule has 6 nitrogen and oxygen atoms in total. The number of methoxy groups -OCH3 is 1. The van der Waals surface area contributed by atoms with Crippen LogP contribution >= 0.6 is 0 Å². The van der Waals surface area contributed by atoms with E-state index in [4.69, 9.17) is 4.42 Å². The summed E-state index contributed by atoms with van der Waals surface area (Å²) in [7, 11) is 1.33. The van der Waals surface area contributed by atoms with Gasteiger partial charge in [-0.2, -0.15) is 4.68 Å². The minimum Gasteiger partial charge on any atom is -0.465 e. The molecule has 134 valence electrons. The Morgan fingerprint density at radius 2 is 1.77 bits per heavy atom. The summed E-state index contributed by atoms with van der Waals surface area (Å²) in [5.74, 6) is -0.203. The molecule has 0 atom stereocenters. The van der Waals surface area contributed by atoms with E-state index in [0.717, 1.165) is 11.1 Å². The van der Waals surface area contributed by atoms with Crippen LogP contribution in [0.2, 0.25) is 0 Å². The minimum atomic E-state index is -0.523. The Morgan fingerprint density at radius 3 is 2.35 bits per heavy atom. The third-order valence-electron chi connectivity index (χ3n) is 4.14. The molecule has 0 amide bonds. The Hall–Kier alpha value is -3.15. The van der Waals surface area contributed by atoms with Crippen molar-refractivity contribution in [3.63, 3.8) is 0 Å². The van der Waals surface area contributed by atoms with Crippen molar-refractivity contribution in [1.82, 2.24) is 9.78 Å². The second-order valence-corrected chi connectivity index (χ2v) is 6.30. The van der Waals surface area contributed by atoms with Crippen LogP contribution in [0.3, 0.4) is 0 Å². The lowest BCUT2D eigenvalue weighted by Crippen LogP contribution is -2.16. The summed E-state index contributed by atoms with van der Waals surface area (Å²) < 4.78 is 11.2.